The van der Waals surface area contributed by atoms with E-state index in [4.69, 9.17) is 5.84 Å². The van der Waals surface area contributed by atoms with Gasteiger partial charge in [-0.15, -0.1) is 0 Å². The fraction of sp³-hybridized carbons (Fsp3) is 0.300. The summed E-state index contributed by atoms with van der Waals surface area (Å²) in [5, 5.41) is 0. The number of nitrogens with two attached hydrogens (primary N) is 1. The van der Waals surface area contributed by atoms with Crippen LogP contribution in [0.25, 0.3) is 0 Å². The largest absolute Gasteiger partial charge is 0.336 e. The van der Waals surface area contributed by atoms with Gasteiger partial charge in [-0.2, -0.15) is 0 Å². The van der Waals surface area contributed by atoms with Crippen molar-refractivity contribution < 1.29 is 18.0 Å². The van der Waals surface area contributed by atoms with Crippen LogP contribution in [0.2, 0.25) is 0 Å². The SMILES string of the molecule is CN(CC(F)F)C(=O)c1cccc(F)c1NN. The Morgan fingerprint density at radius 2 is 2.18 bits per heavy atom. The van der Waals surface area contributed by atoms with Crippen molar-refractivity contribution in [2.75, 3.05) is 19.0 Å². The Morgan fingerprint density at radius 3 is 2.71 bits per heavy atom. The van der Waals surface area contributed by atoms with E-state index in [1.807, 2.05) is 5.43 Å². The summed E-state index contributed by atoms with van der Waals surface area (Å²) in [4.78, 5) is 12.5. The number of anilines is 1. The summed E-state index contributed by atoms with van der Waals surface area (Å²) in [6.45, 7) is -0.723. The van der Waals surface area contributed by atoms with Crippen molar-refractivity contribution in [3.8, 4) is 0 Å². The van der Waals surface area contributed by atoms with Crippen molar-refractivity contribution >= 4 is 11.6 Å². The molecule has 0 heterocycles. The minimum atomic E-state index is -2.65. The third-order valence-electron chi connectivity index (χ3n) is 2.15. The van der Waals surface area contributed by atoms with Gasteiger partial charge in [0.05, 0.1) is 17.8 Å². The van der Waals surface area contributed by atoms with Crippen LogP contribution in [0.1, 0.15) is 10.4 Å². The number of nitrogens with one attached hydrogen (secondary N) is 1. The molecule has 94 valence electrons. The zero-order valence-electron chi connectivity index (χ0n) is 9.08. The first-order chi connectivity index (χ1) is 7.97. The Kier molecular flexibility index (Phi) is 4.33. The number of amides is 1. The molecule has 0 aliphatic carbocycles. The third kappa shape index (κ3) is 3.10. The molecule has 7 heteroatoms. The molecule has 17 heavy (non-hydrogen) atoms. The van der Waals surface area contributed by atoms with Crippen molar-refractivity contribution in [2.45, 2.75) is 6.43 Å². The highest BCUT2D eigenvalue weighted by Crippen LogP contribution is 2.20. The van der Waals surface area contributed by atoms with Crippen LogP contribution in [-0.4, -0.2) is 30.8 Å². The van der Waals surface area contributed by atoms with Crippen molar-refractivity contribution in [2.24, 2.45) is 5.84 Å². The predicted octanol–water partition coefficient (Wildman–Crippen LogP) is 1.45. The van der Waals surface area contributed by atoms with Crippen LogP contribution in [0.3, 0.4) is 0 Å². The number of hydrogen-bond acceptors (Lipinski definition) is 3. The molecule has 4 nitrogen and oxygen atoms in total. The lowest BCUT2D eigenvalue weighted by Gasteiger charge is -2.18. The third-order valence-corrected chi connectivity index (χ3v) is 2.15. The molecule has 0 unspecified atom stereocenters. The van der Waals surface area contributed by atoms with Crippen LogP contribution < -0.4 is 11.3 Å². The van der Waals surface area contributed by atoms with Gasteiger partial charge in [0.25, 0.3) is 12.3 Å². The van der Waals surface area contributed by atoms with Crippen LogP contribution in [-0.2, 0) is 0 Å². The summed E-state index contributed by atoms with van der Waals surface area (Å²) in [5.41, 5.74) is 1.75. The summed E-state index contributed by atoms with van der Waals surface area (Å²) in [7, 11) is 1.21. The average Bonchev–Trinajstić information content (AvgIpc) is 2.26. The lowest BCUT2D eigenvalue weighted by atomic mass is 10.1. The molecule has 0 radical (unpaired) electrons. The van der Waals surface area contributed by atoms with Crippen molar-refractivity contribution in [1.29, 1.82) is 0 Å². The molecular weight excluding hydrogens is 235 g/mol. The minimum absolute atomic E-state index is 0.0874. The van der Waals surface area contributed by atoms with Gasteiger partial charge in [-0.1, -0.05) is 6.07 Å². The normalized spacial score (nSPS) is 10.5. The maximum absolute atomic E-state index is 13.3. The van der Waals surface area contributed by atoms with Gasteiger partial charge in [-0.05, 0) is 12.1 Å². The van der Waals surface area contributed by atoms with E-state index in [0.29, 0.717) is 0 Å². The van der Waals surface area contributed by atoms with E-state index < -0.39 is 24.7 Å². The molecule has 0 aliphatic rings. The van der Waals surface area contributed by atoms with Gasteiger partial charge < -0.3 is 10.3 Å². The number of nitrogen functional groups attached to an aromatic ring is 1. The molecule has 0 saturated carbocycles. The lowest BCUT2D eigenvalue weighted by Crippen LogP contribution is -2.32. The molecule has 1 amide bonds. The fourth-order valence-corrected chi connectivity index (χ4v) is 1.34. The van der Waals surface area contributed by atoms with E-state index in [0.717, 1.165) is 11.0 Å². The van der Waals surface area contributed by atoms with Crippen molar-refractivity contribution in [1.82, 2.24) is 4.90 Å². The van der Waals surface area contributed by atoms with Crippen LogP contribution in [0, 0.1) is 5.82 Å². The highest BCUT2D eigenvalue weighted by atomic mass is 19.3. The monoisotopic (exact) mass is 247 g/mol. The van der Waals surface area contributed by atoms with Gasteiger partial charge in [0, 0.05) is 7.05 Å². The van der Waals surface area contributed by atoms with Crippen LogP contribution in [0.15, 0.2) is 18.2 Å². The van der Waals surface area contributed by atoms with Gasteiger partial charge in [-0.25, -0.2) is 13.2 Å². The molecule has 1 aromatic rings. The molecule has 0 fully saturated rings. The van der Waals surface area contributed by atoms with Gasteiger partial charge >= 0.3 is 0 Å². The summed E-state index contributed by atoms with van der Waals surface area (Å²) < 4.78 is 37.5. The van der Waals surface area contributed by atoms with E-state index in [1.54, 1.807) is 0 Å². The van der Waals surface area contributed by atoms with Crippen LogP contribution >= 0.6 is 0 Å². The molecule has 3 N–H and O–H groups in total. The number of carbonyl (C=O) groups is 1. The molecule has 0 saturated heterocycles. The number of carbonyl (C=O) groups excluding carboxylic acids is 1. The highest BCUT2D eigenvalue weighted by molar-refractivity contribution is 5.99. The molecule has 1 rings (SSSR count). The van der Waals surface area contributed by atoms with E-state index in [9.17, 15) is 18.0 Å². The zero-order valence-corrected chi connectivity index (χ0v) is 9.08. The molecular formula is C10H12F3N3O. The molecule has 0 spiro atoms. The van der Waals surface area contributed by atoms with E-state index in [2.05, 4.69) is 0 Å². The Morgan fingerprint density at radius 1 is 1.53 bits per heavy atom. The number of nitrogens with zero attached hydrogens (tertiary/aromatic N) is 1. The van der Waals surface area contributed by atoms with Crippen molar-refractivity contribution in [3.05, 3.63) is 29.6 Å². The van der Waals surface area contributed by atoms with Gasteiger partial charge in [0.15, 0.2) is 0 Å². The van der Waals surface area contributed by atoms with E-state index in [1.165, 1.54) is 19.2 Å². The second-order valence-corrected chi connectivity index (χ2v) is 3.38. The summed E-state index contributed by atoms with van der Waals surface area (Å²) in [6, 6.07) is 3.72. The number of alkyl halides is 2. The maximum atomic E-state index is 13.3. The average molecular weight is 247 g/mol. The fourth-order valence-electron chi connectivity index (χ4n) is 1.34. The number of hydrazine groups is 1. The van der Waals surface area contributed by atoms with Crippen LogP contribution in [0.5, 0.6) is 0 Å². The quantitative estimate of drug-likeness (QED) is 0.625. The number of para-hydroxylation sites is 1. The Labute approximate surface area is 96.2 Å². The summed E-state index contributed by atoms with van der Waals surface area (Å²) in [5.74, 6) is 3.64. The summed E-state index contributed by atoms with van der Waals surface area (Å²) >= 11 is 0. The zero-order chi connectivity index (χ0) is 13.0. The number of rotatable bonds is 4. The van der Waals surface area contributed by atoms with Gasteiger partial charge in [0.2, 0.25) is 0 Å². The lowest BCUT2D eigenvalue weighted by molar-refractivity contribution is 0.0621. The Bertz CT molecular complexity index is 412. The Hall–Kier alpha value is -1.76. The summed E-state index contributed by atoms with van der Waals surface area (Å²) in [6.07, 6.45) is -2.65. The number of hydrogen-bond donors (Lipinski definition) is 2. The second kappa shape index (κ2) is 5.53. The number of halogens is 3. The predicted molar refractivity (Wildman–Crippen MR) is 57.2 cm³/mol. The maximum Gasteiger partial charge on any atom is 0.256 e. The van der Waals surface area contributed by atoms with E-state index >= 15 is 0 Å². The number of benzene rings is 1. The molecule has 1 aromatic carbocycles. The van der Waals surface area contributed by atoms with Crippen LogP contribution in [0.4, 0.5) is 18.9 Å². The standard InChI is InChI=1S/C10H12F3N3O/c1-16(5-8(12)13)10(17)6-3-2-4-7(11)9(6)15-14/h2-4,8,15H,5,14H2,1H3. The van der Waals surface area contributed by atoms with E-state index in [-0.39, 0.29) is 11.3 Å². The first kappa shape index (κ1) is 13.3. The van der Waals surface area contributed by atoms with Crippen molar-refractivity contribution in [3.63, 3.8) is 0 Å². The van der Waals surface area contributed by atoms with Gasteiger partial charge in [-0.3, -0.25) is 10.6 Å². The highest BCUT2D eigenvalue weighted by Gasteiger charge is 2.20. The molecule has 0 aliphatic heterocycles. The Balaban J connectivity index is 3.00. The topological polar surface area (TPSA) is 58.4 Å². The molecule has 0 bridgehead atoms. The second-order valence-electron chi connectivity index (χ2n) is 3.38. The first-order valence-corrected chi connectivity index (χ1v) is 4.76. The first-order valence-electron chi connectivity index (χ1n) is 4.76. The minimum Gasteiger partial charge on any atom is -0.336 e. The molecule has 0 aromatic heterocycles. The molecule has 0 atom stereocenters. The van der Waals surface area contributed by atoms with Gasteiger partial charge in [0.1, 0.15) is 5.82 Å². The smallest absolute Gasteiger partial charge is 0.256 e.